The number of hydrogen-bond donors (Lipinski definition) is 1. The summed E-state index contributed by atoms with van der Waals surface area (Å²) in [5, 5.41) is 34.4. The number of ether oxygens (including phenoxy) is 1. The number of hydrogen-bond acceptors (Lipinski definition) is 8. The van der Waals surface area contributed by atoms with Crippen molar-refractivity contribution in [2.75, 3.05) is 7.11 Å². The molecule has 0 saturated carbocycles. The van der Waals surface area contributed by atoms with Crippen LogP contribution in [0.4, 0.5) is 5.69 Å². The average Bonchev–Trinajstić information content (AvgIpc) is 3.13. The summed E-state index contributed by atoms with van der Waals surface area (Å²) < 4.78 is 6.37. The summed E-state index contributed by atoms with van der Waals surface area (Å²) in [4.78, 5) is 10.5. The number of phenolic OH excluding ortho intramolecular Hbond substituents is 1. The van der Waals surface area contributed by atoms with Gasteiger partial charge in [-0.25, -0.2) is 0 Å². The van der Waals surface area contributed by atoms with Gasteiger partial charge in [-0.15, -0.1) is 10.2 Å². The second-order valence-electron chi connectivity index (χ2n) is 5.43. The number of rotatable bonds is 7. The van der Waals surface area contributed by atoms with E-state index in [1.165, 1.54) is 42.2 Å². The van der Waals surface area contributed by atoms with Crippen molar-refractivity contribution < 1.29 is 14.8 Å². The zero-order valence-electron chi connectivity index (χ0n) is 14.5. The first-order valence-corrected chi connectivity index (χ1v) is 9.22. The number of nitro benzene ring substituents is 1. The van der Waals surface area contributed by atoms with Gasteiger partial charge in [0.2, 0.25) is 5.16 Å². The maximum atomic E-state index is 11.1. The Balaban J connectivity index is 1.82. The lowest BCUT2D eigenvalue weighted by molar-refractivity contribution is -0.385. The molecule has 0 saturated heterocycles. The average molecular weight is 420 g/mol. The number of aromatic hydroxyl groups is 1. The number of aromatic nitrogens is 3. The first-order valence-electron chi connectivity index (χ1n) is 7.85. The first kappa shape index (κ1) is 19.6. The Kier molecular flexibility index (Phi) is 6.12. The Morgan fingerprint density at radius 3 is 2.93 bits per heavy atom. The van der Waals surface area contributed by atoms with Crippen LogP contribution < -0.4 is 4.74 Å². The van der Waals surface area contributed by atoms with Crippen LogP contribution in [0.15, 0.2) is 53.0 Å². The Bertz CT molecular complexity index is 1040. The summed E-state index contributed by atoms with van der Waals surface area (Å²) in [6, 6.07) is 9.79. The van der Waals surface area contributed by atoms with Gasteiger partial charge in [0.05, 0.1) is 24.3 Å². The van der Waals surface area contributed by atoms with E-state index in [0.29, 0.717) is 15.9 Å². The van der Waals surface area contributed by atoms with Crippen molar-refractivity contribution in [3.63, 3.8) is 0 Å². The van der Waals surface area contributed by atoms with E-state index < -0.39 is 4.92 Å². The van der Waals surface area contributed by atoms with Crippen molar-refractivity contribution in [2.45, 2.75) is 10.9 Å². The highest BCUT2D eigenvalue weighted by Crippen LogP contribution is 2.33. The molecule has 0 bridgehead atoms. The van der Waals surface area contributed by atoms with E-state index in [4.69, 9.17) is 16.3 Å². The zero-order chi connectivity index (χ0) is 20.1. The van der Waals surface area contributed by atoms with Gasteiger partial charge in [0, 0.05) is 22.4 Å². The molecular formula is C17H14ClN5O4S. The van der Waals surface area contributed by atoms with Crippen molar-refractivity contribution in [1.29, 1.82) is 0 Å². The van der Waals surface area contributed by atoms with Crippen LogP contribution in [0.2, 0.25) is 5.02 Å². The Morgan fingerprint density at radius 1 is 1.43 bits per heavy atom. The molecule has 0 atom stereocenters. The van der Waals surface area contributed by atoms with Gasteiger partial charge in [-0.05, 0) is 11.6 Å². The van der Waals surface area contributed by atoms with Crippen molar-refractivity contribution >= 4 is 35.3 Å². The lowest BCUT2D eigenvalue weighted by Gasteiger charge is -2.06. The number of thioether (sulfide) groups is 1. The molecule has 0 spiro atoms. The third kappa shape index (κ3) is 4.41. The normalized spacial score (nSPS) is 11.1. The maximum absolute atomic E-state index is 11.1. The SMILES string of the molecule is COc1cc([N+](=O)[O-])cc(/C=N/n2cnnc2SCc2ccccc2Cl)c1O. The predicted molar refractivity (Wildman–Crippen MR) is 105 cm³/mol. The van der Waals surface area contributed by atoms with Crippen LogP contribution in [-0.4, -0.2) is 38.2 Å². The van der Waals surface area contributed by atoms with Crippen LogP contribution in [0, 0.1) is 10.1 Å². The van der Waals surface area contributed by atoms with Gasteiger partial charge in [-0.2, -0.15) is 9.78 Å². The third-order valence-corrected chi connectivity index (χ3v) is 5.01. The highest BCUT2D eigenvalue weighted by Gasteiger charge is 2.16. The fourth-order valence-electron chi connectivity index (χ4n) is 2.25. The highest BCUT2D eigenvalue weighted by molar-refractivity contribution is 7.98. The van der Waals surface area contributed by atoms with Crippen molar-refractivity contribution in [3.8, 4) is 11.5 Å². The molecule has 3 aromatic rings. The van der Waals surface area contributed by atoms with E-state index in [2.05, 4.69) is 15.3 Å². The topological polar surface area (TPSA) is 116 Å². The minimum atomic E-state index is -0.580. The number of halogens is 1. The van der Waals surface area contributed by atoms with Crippen molar-refractivity contribution in [2.24, 2.45) is 5.10 Å². The number of methoxy groups -OCH3 is 1. The lowest BCUT2D eigenvalue weighted by atomic mass is 10.2. The fourth-order valence-corrected chi connectivity index (χ4v) is 3.40. The number of phenols is 1. The van der Waals surface area contributed by atoms with Gasteiger partial charge < -0.3 is 9.84 Å². The highest BCUT2D eigenvalue weighted by atomic mass is 35.5. The summed E-state index contributed by atoms with van der Waals surface area (Å²) in [6.45, 7) is 0. The monoisotopic (exact) mass is 419 g/mol. The molecule has 0 fully saturated rings. The number of benzene rings is 2. The van der Waals surface area contributed by atoms with E-state index in [-0.39, 0.29) is 22.7 Å². The number of non-ortho nitro benzene ring substituents is 1. The molecular weight excluding hydrogens is 406 g/mol. The molecule has 144 valence electrons. The third-order valence-electron chi connectivity index (χ3n) is 3.66. The number of nitro groups is 1. The van der Waals surface area contributed by atoms with Gasteiger partial charge >= 0.3 is 0 Å². The lowest BCUT2D eigenvalue weighted by Crippen LogP contribution is -1.96. The Morgan fingerprint density at radius 2 is 2.21 bits per heavy atom. The molecule has 1 N–H and O–H groups in total. The van der Waals surface area contributed by atoms with E-state index >= 15 is 0 Å². The minimum Gasteiger partial charge on any atom is -0.504 e. The van der Waals surface area contributed by atoms with Crippen LogP contribution in [0.5, 0.6) is 11.5 Å². The van der Waals surface area contributed by atoms with Gasteiger partial charge in [-0.1, -0.05) is 41.6 Å². The summed E-state index contributed by atoms with van der Waals surface area (Å²) in [6.07, 6.45) is 2.66. The van der Waals surface area contributed by atoms with Gasteiger partial charge in [0.1, 0.15) is 6.33 Å². The maximum Gasteiger partial charge on any atom is 0.274 e. The van der Waals surface area contributed by atoms with Crippen molar-refractivity contribution in [3.05, 3.63) is 69.0 Å². The Labute approximate surface area is 168 Å². The smallest absolute Gasteiger partial charge is 0.274 e. The minimum absolute atomic E-state index is 0.0206. The standard InChI is InChI=1S/C17H14ClN5O4S/c1-27-15-7-13(23(25)26)6-12(16(15)24)8-20-22-10-19-21-17(22)28-9-11-4-2-3-5-14(11)18/h2-8,10,24H,9H2,1H3/b20-8+. The quantitative estimate of drug-likeness (QED) is 0.268. The van der Waals surface area contributed by atoms with Crippen LogP contribution in [-0.2, 0) is 5.75 Å². The van der Waals surface area contributed by atoms with Crippen LogP contribution in [0.25, 0.3) is 0 Å². The fraction of sp³-hybridized carbons (Fsp3) is 0.118. The van der Waals surface area contributed by atoms with Gasteiger partial charge in [0.25, 0.3) is 5.69 Å². The Hall–Kier alpha value is -3.11. The van der Waals surface area contributed by atoms with Gasteiger partial charge in [0.15, 0.2) is 11.5 Å². The molecule has 2 aromatic carbocycles. The molecule has 28 heavy (non-hydrogen) atoms. The van der Waals surface area contributed by atoms with E-state index in [1.807, 2.05) is 18.2 Å². The van der Waals surface area contributed by atoms with Crippen molar-refractivity contribution in [1.82, 2.24) is 14.9 Å². The molecule has 0 aliphatic carbocycles. The molecule has 1 aromatic heterocycles. The van der Waals surface area contributed by atoms with E-state index in [1.54, 1.807) is 6.07 Å². The number of nitrogens with zero attached hydrogens (tertiary/aromatic N) is 5. The molecule has 0 unspecified atom stereocenters. The molecule has 0 radical (unpaired) electrons. The van der Waals surface area contributed by atoms with Crippen LogP contribution in [0.1, 0.15) is 11.1 Å². The summed E-state index contributed by atoms with van der Waals surface area (Å²) in [7, 11) is 1.31. The largest absolute Gasteiger partial charge is 0.504 e. The summed E-state index contributed by atoms with van der Waals surface area (Å²) in [5.74, 6) is 0.284. The molecule has 0 amide bonds. The second-order valence-corrected chi connectivity index (χ2v) is 6.78. The molecule has 1 heterocycles. The predicted octanol–water partition coefficient (Wildman–Crippen LogP) is 3.73. The molecule has 9 nitrogen and oxygen atoms in total. The molecule has 3 rings (SSSR count). The summed E-state index contributed by atoms with van der Waals surface area (Å²) in [5.41, 5.74) is 0.837. The first-order chi connectivity index (χ1) is 13.5. The van der Waals surface area contributed by atoms with Crippen LogP contribution >= 0.6 is 23.4 Å². The molecule has 0 aliphatic heterocycles. The summed E-state index contributed by atoms with van der Waals surface area (Å²) >= 11 is 7.52. The van der Waals surface area contributed by atoms with Gasteiger partial charge in [-0.3, -0.25) is 10.1 Å². The zero-order valence-corrected chi connectivity index (χ0v) is 16.1. The van der Waals surface area contributed by atoms with E-state index in [9.17, 15) is 15.2 Å². The van der Waals surface area contributed by atoms with Crippen LogP contribution in [0.3, 0.4) is 0 Å². The van der Waals surface area contributed by atoms with E-state index in [0.717, 1.165) is 11.6 Å². The molecule has 11 heteroatoms. The second kappa shape index (κ2) is 8.72. The molecule has 0 aliphatic rings.